The Hall–Kier alpha value is -1.75. The minimum Gasteiger partial charge on any atom is -0.340 e. The van der Waals surface area contributed by atoms with Crippen LogP contribution in [-0.4, -0.2) is 47.9 Å². The maximum Gasteiger partial charge on any atom is 0.317 e. The third-order valence-electron chi connectivity index (χ3n) is 5.17. The van der Waals surface area contributed by atoms with Gasteiger partial charge in [0.15, 0.2) is 0 Å². The zero-order chi connectivity index (χ0) is 18.0. The largest absolute Gasteiger partial charge is 0.340 e. The predicted molar refractivity (Wildman–Crippen MR) is 98.5 cm³/mol. The standard InChI is InChI=1S/C19H26ClN3O2/c1-13-10-14(5-8-17(13)20)11-21-19(25)22(2)16-4-3-9-23(12-16)18(24)15-6-7-15/h5,8,10,15-16H,3-4,6-7,9,11-12H2,1-2H3,(H,21,25)/t16-/m1/s1. The molecule has 1 aliphatic heterocycles. The van der Waals surface area contributed by atoms with Crippen LogP contribution in [-0.2, 0) is 11.3 Å². The van der Waals surface area contributed by atoms with Crippen molar-refractivity contribution in [3.8, 4) is 0 Å². The van der Waals surface area contributed by atoms with Crippen molar-refractivity contribution in [1.82, 2.24) is 15.1 Å². The topological polar surface area (TPSA) is 52.7 Å². The molecule has 1 heterocycles. The fraction of sp³-hybridized carbons (Fsp3) is 0.579. The molecule has 0 aromatic heterocycles. The molecule has 1 atom stereocenters. The summed E-state index contributed by atoms with van der Waals surface area (Å²) < 4.78 is 0. The van der Waals surface area contributed by atoms with Crippen molar-refractivity contribution in [2.45, 2.75) is 45.2 Å². The van der Waals surface area contributed by atoms with E-state index in [1.807, 2.05) is 37.1 Å². The number of piperidine rings is 1. The molecule has 136 valence electrons. The van der Waals surface area contributed by atoms with E-state index in [1.54, 1.807) is 4.90 Å². The maximum atomic E-state index is 12.5. The summed E-state index contributed by atoms with van der Waals surface area (Å²) in [6.07, 6.45) is 3.95. The minimum absolute atomic E-state index is 0.0865. The second kappa shape index (κ2) is 7.65. The monoisotopic (exact) mass is 363 g/mol. The van der Waals surface area contributed by atoms with Crippen LogP contribution in [0.1, 0.15) is 36.8 Å². The van der Waals surface area contributed by atoms with Crippen LogP contribution in [0.25, 0.3) is 0 Å². The summed E-state index contributed by atoms with van der Waals surface area (Å²) in [5.74, 6) is 0.515. The van der Waals surface area contributed by atoms with Crippen LogP contribution in [0.2, 0.25) is 5.02 Å². The molecule has 1 saturated carbocycles. The smallest absolute Gasteiger partial charge is 0.317 e. The third-order valence-corrected chi connectivity index (χ3v) is 5.59. The highest BCUT2D eigenvalue weighted by Gasteiger charge is 2.36. The van der Waals surface area contributed by atoms with Crippen LogP contribution < -0.4 is 5.32 Å². The van der Waals surface area contributed by atoms with E-state index in [1.165, 1.54) is 0 Å². The van der Waals surface area contributed by atoms with Crippen LogP contribution in [0, 0.1) is 12.8 Å². The summed E-state index contributed by atoms with van der Waals surface area (Å²) >= 11 is 6.03. The Balaban J connectivity index is 1.52. The van der Waals surface area contributed by atoms with E-state index >= 15 is 0 Å². The van der Waals surface area contributed by atoms with Crippen molar-refractivity contribution in [2.75, 3.05) is 20.1 Å². The van der Waals surface area contributed by atoms with Crippen LogP contribution >= 0.6 is 11.6 Å². The van der Waals surface area contributed by atoms with E-state index in [2.05, 4.69) is 5.32 Å². The van der Waals surface area contributed by atoms with Gasteiger partial charge in [0.05, 0.1) is 6.04 Å². The van der Waals surface area contributed by atoms with Gasteiger partial charge >= 0.3 is 6.03 Å². The fourth-order valence-electron chi connectivity index (χ4n) is 3.34. The molecule has 2 fully saturated rings. The van der Waals surface area contributed by atoms with Gasteiger partial charge < -0.3 is 15.1 Å². The van der Waals surface area contributed by atoms with Gasteiger partial charge in [-0.2, -0.15) is 0 Å². The second-order valence-corrected chi connectivity index (χ2v) is 7.61. The van der Waals surface area contributed by atoms with Crippen molar-refractivity contribution in [1.29, 1.82) is 0 Å². The number of carbonyl (C=O) groups excluding carboxylic acids is 2. The number of halogens is 1. The number of nitrogens with one attached hydrogen (secondary N) is 1. The molecule has 3 rings (SSSR count). The van der Waals surface area contributed by atoms with Gasteiger partial charge in [-0.15, -0.1) is 0 Å². The predicted octanol–water partition coefficient (Wildman–Crippen LogP) is 3.19. The van der Waals surface area contributed by atoms with Gasteiger partial charge in [-0.1, -0.05) is 23.7 Å². The molecule has 1 N–H and O–H groups in total. The highest BCUT2D eigenvalue weighted by molar-refractivity contribution is 6.31. The van der Waals surface area contributed by atoms with Gasteiger partial charge in [0, 0.05) is 37.6 Å². The number of hydrogen-bond acceptors (Lipinski definition) is 2. The normalized spacial score (nSPS) is 20.3. The molecule has 3 amide bonds. The van der Waals surface area contributed by atoms with Crippen LogP contribution in [0.15, 0.2) is 18.2 Å². The van der Waals surface area contributed by atoms with Gasteiger partial charge in [-0.3, -0.25) is 4.79 Å². The highest BCUT2D eigenvalue weighted by Crippen LogP contribution is 2.32. The maximum absolute atomic E-state index is 12.5. The molecule has 1 aromatic carbocycles. The number of likely N-dealkylation sites (N-methyl/N-ethyl adjacent to an activating group) is 1. The van der Waals surface area contributed by atoms with E-state index < -0.39 is 0 Å². The first-order chi connectivity index (χ1) is 12.0. The van der Waals surface area contributed by atoms with E-state index in [0.29, 0.717) is 13.1 Å². The van der Waals surface area contributed by atoms with Crippen molar-refractivity contribution in [2.24, 2.45) is 5.92 Å². The first-order valence-corrected chi connectivity index (χ1v) is 9.38. The van der Waals surface area contributed by atoms with Crippen molar-refractivity contribution < 1.29 is 9.59 Å². The zero-order valence-electron chi connectivity index (χ0n) is 14.9. The number of nitrogens with zero attached hydrogens (tertiary/aromatic N) is 2. The summed E-state index contributed by atoms with van der Waals surface area (Å²) in [6, 6.07) is 5.75. The van der Waals surface area contributed by atoms with Crippen molar-refractivity contribution in [3.05, 3.63) is 34.3 Å². The van der Waals surface area contributed by atoms with E-state index in [-0.39, 0.29) is 23.9 Å². The van der Waals surface area contributed by atoms with Gasteiger partial charge in [0.2, 0.25) is 5.91 Å². The first kappa shape index (κ1) is 18.1. The highest BCUT2D eigenvalue weighted by atomic mass is 35.5. The Kier molecular flexibility index (Phi) is 5.52. The van der Waals surface area contributed by atoms with Crippen LogP contribution in [0.5, 0.6) is 0 Å². The fourth-order valence-corrected chi connectivity index (χ4v) is 3.46. The Morgan fingerprint density at radius 1 is 1.32 bits per heavy atom. The van der Waals surface area contributed by atoms with E-state index in [0.717, 1.165) is 48.4 Å². The molecule has 5 nitrogen and oxygen atoms in total. The number of aryl methyl sites for hydroxylation is 1. The quantitative estimate of drug-likeness (QED) is 0.893. The lowest BCUT2D eigenvalue weighted by molar-refractivity contribution is -0.134. The van der Waals surface area contributed by atoms with E-state index in [4.69, 9.17) is 11.6 Å². The molecule has 1 aliphatic carbocycles. The van der Waals surface area contributed by atoms with Crippen molar-refractivity contribution >= 4 is 23.5 Å². The van der Waals surface area contributed by atoms with Gasteiger partial charge in [0.1, 0.15) is 0 Å². The Morgan fingerprint density at radius 3 is 2.76 bits per heavy atom. The molecule has 1 aromatic rings. The van der Waals surface area contributed by atoms with E-state index in [9.17, 15) is 9.59 Å². The number of likely N-dealkylation sites (tertiary alicyclic amines) is 1. The summed E-state index contributed by atoms with van der Waals surface area (Å²) in [7, 11) is 1.82. The lowest BCUT2D eigenvalue weighted by Crippen LogP contribution is -2.52. The number of benzene rings is 1. The SMILES string of the molecule is Cc1cc(CNC(=O)N(C)[C@@H]2CCCN(C(=O)C3CC3)C2)ccc1Cl. The Bertz CT molecular complexity index is 660. The lowest BCUT2D eigenvalue weighted by Gasteiger charge is -2.37. The average molecular weight is 364 g/mol. The molecule has 0 bridgehead atoms. The molecular weight excluding hydrogens is 338 g/mol. The summed E-state index contributed by atoms with van der Waals surface area (Å²) in [6.45, 7) is 3.90. The van der Waals surface area contributed by atoms with Crippen LogP contribution in [0.4, 0.5) is 4.79 Å². The molecule has 25 heavy (non-hydrogen) atoms. The molecule has 6 heteroatoms. The van der Waals surface area contributed by atoms with Gasteiger partial charge in [-0.25, -0.2) is 4.79 Å². The minimum atomic E-state index is -0.0988. The van der Waals surface area contributed by atoms with Crippen LogP contribution in [0.3, 0.4) is 0 Å². The zero-order valence-corrected chi connectivity index (χ0v) is 15.7. The molecule has 2 aliphatic rings. The number of rotatable bonds is 4. The molecule has 0 spiro atoms. The van der Waals surface area contributed by atoms with Gasteiger partial charge in [0.25, 0.3) is 0 Å². The third kappa shape index (κ3) is 4.46. The summed E-state index contributed by atoms with van der Waals surface area (Å²) in [5.41, 5.74) is 2.03. The average Bonchev–Trinajstić information content (AvgIpc) is 3.46. The molecule has 0 radical (unpaired) electrons. The molecule has 1 saturated heterocycles. The number of urea groups is 1. The van der Waals surface area contributed by atoms with Crippen molar-refractivity contribution in [3.63, 3.8) is 0 Å². The molecular formula is C19H26ClN3O2. The first-order valence-electron chi connectivity index (χ1n) is 9.00. The summed E-state index contributed by atoms with van der Waals surface area (Å²) in [5, 5.41) is 3.69. The number of carbonyl (C=O) groups is 2. The van der Waals surface area contributed by atoms with Gasteiger partial charge in [-0.05, 0) is 49.8 Å². The summed E-state index contributed by atoms with van der Waals surface area (Å²) in [4.78, 5) is 28.4. The Morgan fingerprint density at radius 2 is 2.08 bits per heavy atom. The molecule has 0 unspecified atom stereocenters. The lowest BCUT2D eigenvalue weighted by atomic mass is 10.0. The Labute approximate surface area is 154 Å². The second-order valence-electron chi connectivity index (χ2n) is 7.21. The number of hydrogen-bond donors (Lipinski definition) is 1. The number of amides is 3.